The second-order valence-corrected chi connectivity index (χ2v) is 5.85. The van der Waals surface area contributed by atoms with Crippen LogP contribution in [0.1, 0.15) is 41.3 Å². The molecule has 112 valence electrons. The largest absolute Gasteiger partial charge is 0.480 e. The SMILES string of the molecule is CCC(C)(NC(=O)c1cccnc1OC)c1nc(C)cs1. The molecule has 2 aromatic heterocycles. The predicted molar refractivity (Wildman–Crippen MR) is 82.7 cm³/mol. The zero-order valence-electron chi connectivity index (χ0n) is 12.6. The van der Waals surface area contributed by atoms with Gasteiger partial charge in [-0.15, -0.1) is 11.3 Å². The molecule has 2 rings (SSSR count). The number of hydrogen-bond donors (Lipinski definition) is 1. The third-order valence-electron chi connectivity index (χ3n) is 3.40. The molecular formula is C15H19N3O2S. The van der Waals surface area contributed by atoms with E-state index >= 15 is 0 Å². The summed E-state index contributed by atoms with van der Waals surface area (Å²) in [4.78, 5) is 21.1. The van der Waals surface area contributed by atoms with E-state index < -0.39 is 5.54 Å². The normalized spacial score (nSPS) is 13.5. The lowest BCUT2D eigenvalue weighted by Gasteiger charge is -2.27. The summed E-state index contributed by atoms with van der Waals surface area (Å²) >= 11 is 1.56. The Kier molecular flexibility index (Phi) is 4.57. The lowest BCUT2D eigenvalue weighted by Crippen LogP contribution is -2.43. The van der Waals surface area contributed by atoms with Crippen molar-refractivity contribution in [2.75, 3.05) is 7.11 Å². The van der Waals surface area contributed by atoms with Gasteiger partial charge in [0.05, 0.1) is 12.6 Å². The molecule has 0 aliphatic rings. The van der Waals surface area contributed by atoms with Gasteiger partial charge in [-0.05, 0) is 32.4 Å². The van der Waals surface area contributed by atoms with E-state index in [9.17, 15) is 4.79 Å². The Labute approximate surface area is 128 Å². The Morgan fingerprint density at radius 2 is 2.29 bits per heavy atom. The Hall–Kier alpha value is -1.95. The third kappa shape index (κ3) is 3.21. The number of aromatic nitrogens is 2. The van der Waals surface area contributed by atoms with Gasteiger partial charge in [-0.1, -0.05) is 6.92 Å². The van der Waals surface area contributed by atoms with Gasteiger partial charge in [0.15, 0.2) is 0 Å². The fourth-order valence-corrected chi connectivity index (χ4v) is 2.93. The molecule has 1 unspecified atom stereocenters. The van der Waals surface area contributed by atoms with Crippen LogP contribution in [0, 0.1) is 6.92 Å². The summed E-state index contributed by atoms with van der Waals surface area (Å²) in [5, 5.41) is 5.94. The molecule has 0 aromatic carbocycles. The van der Waals surface area contributed by atoms with Crippen molar-refractivity contribution in [3.8, 4) is 5.88 Å². The van der Waals surface area contributed by atoms with Gasteiger partial charge in [0.25, 0.3) is 5.91 Å². The number of thiazole rings is 1. The van der Waals surface area contributed by atoms with Crippen molar-refractivity contribution in [3.05, 3.63) is 40.0 Å². The van der Waals surface area contributed by atoms with E-state index in [1.165, 1.54) is 7.11 Å². The number of nitrogens with one attached hydrogen (secondary N) is 1. The minimum Gasteiger partial charge on any atom is -0.480 e. The van der Waals surface area contributed by atoms with Crippen molar-refractivity contribution < 1.29 is 9.53 Å². The van der Waals surface area contributed by atoms with Crippen LogP contribution >= 0.6 is 11.3 Å². The highest BCUT2D eigenvalue weighted by atomic mass is 32.1. The van der Waals surface area contributed by atoms with Crippen molar-refractivity contribution in [3.63, 3.8) is 0 Å². The summed E-state index contributed by atoms with van der Waals surface area (Å²) in [6, 6.07) is 3.42. The molecule has 0 saturated heterocycles. The van der Waals surface area contributed by atoms with Gasteiger partial charge in [0.1, 0.15) is 10.6 Å². The van der Waals surface area contributed by atoms with Gasteiger partial charge in [0, 0.05) is 17.3 Å². The molecule has 0 radical (unpaired) electrons. The first-order valence-electron chi connectivity index (χ1n) is 6.74. The van der Waals surface area contributed by atoms with Gasteiger partial charge < -0.3 is 10.1 Å². The number of nitrogens with zero attached hydrogens (tertiary/aromatic N) is 2. The van der Waals surface area contributed by atoms with Crippen molar-refractivity contribution in [1.82, 2.24) is 15.3 Å². The highest BCUT2D eigenvalue weighted by Gasteiger charge is 2.31. The Bertz CT molecular complexity index is 641. The average Bonchev–Trinajstić information content (AvgIpc) is 2.94. The molecule has 0 aliphatic heterocycles. The van der Waals surface area contributed by atoms with E-state index in [1.807, 2.05) is 26.2 Å². The highest BCUT2D eigenvalue weighted by Crippen LogP contribution is 2.28. The maximum absolute atomic E-state index is 12.5. The molecule has 1 atom stereocenters. The van der Waals surface area contributed by atoms with Crippen molar-refractivity contribution in [2.24, 2.45) is 0 Å². The van der Waals surface area contributed by atoms with E-state index in [4.69, 9.17) is 4.74 Å². The molecule has 6 heteroatoms. The Balaban J connectivity index is 2.28. The van der Waals surface area contributed by atoms with E-state index in [0.29, 0.717) is 11.4 Å². The molecule has 2 heterocycles. The molecule has 0 saturated carbocycles. The zero-order valence-corrected chi connectivity index (χ0v) is 13.5. The number of hydrogen-bond acceptors (Lipinski definition) is 5. The Morgan fingerprint density at radius 3 is 2.86 bits per heavy atom. The van der Waals surface area contributed by atoms with Crippen LogP contribution in [-0.2, 0) is 5.54 Å². The smallest absolute Gasteiger partial charge is 0.257 e. The van der Waals surface area contributed by atoms with Crippen LogP contribution in [0.25, 0.3) is 0 Å². The van der Waals surface area contributed by atoms with Crippen LogP contribution in [0.5, 0.6) is 5.88 Å². The maximum Gasteiger partial charge on any atom is 0.257 e. The predicted octanol–water partition coefficient (Wildman–Crippen LogP) is 2.91. The molecule has 0 bridgehead atoms. The standard InChI is InChI=1S/C15H19N3O2S/c1-5-15(3,14-17-10(2)9-21-14)18-12(19)11-7-6-8-16-13(11)20-4/h6-9H,5H2,1-4H3,(H,18,19). The lowest BCUT2D eigenvalue weighted by atomic mass is 9.99. The van der Waals surface area contributed by atoms with Crippen molar-refractivity contribution >= 4 is 17.2 Å². The quantitative estimate of drug-likeness (QED) is 0.922. The number of carbonyl (C=O) groups is 1. The zero-order chi connectivity index (χ0) is 15.5. The van der Waals surface area contributed by atoms with Gasteiger partial charge in [0.2, 0.25) is 5.88 Å². The van der Waals surface area contributed by atoms with Crippen molar-refractivity contribution in [2.45, 2.75) is 32.7 Å². The molecule has 1 amide bonds. The van der Waals surface area contributed by atoms with Crippen molar-refractivity contribution in [1.29, 1.82) is 0 Å². The molecule has 0 fully saturated rings. The molecule has 1 N–H and O–H groups in total. The summed E-state index contributed by atoms with van der Waals surface area (Å²) < 4.78 is 5.14. The van der Waals surface area contributed by atoms with E-state index in [0.717, 1.165) is 17.1 Å². The molecule has 2 aromatic rings. The summed E-state index contributed by atoms with van der Waals surface area (Å²) in [6.07, 6.45) is 2.34. The van der Waals surface area contributed by atoms with Crippen LogP contribution in [-0.4, -0.2) is 23.0 Å². The number of ether oxygens (including phenoxy) is 1. The first kappa shape index (κ1) is 15.4. The second kappa shape index (κ2) is 6.22. The maximum atomic E-state index is 12.5. The fourth-order valence-electron chi connectivity index (χ4n) is 1.94. The summed E-state index contributed by atoms with van der Waals surface area (Å²) in [5.74, 6) is 0.112. The number of rotatable bonds is 5. The fraction of sp³-hybridized carbons (Fsp3) is 0.400. The molecule has 0 spiro atoms. The molecular weight excluding hydrogens is 286 g/mol. The highest BCUT2D eigenvalue weighted by molar-refractivity contribution is 7.09. The minimum atomic E-state index is -0.503. The molecule has 21 heavy (non-hydrogen) atoms. The first-order valence-corrected chi connectivity index (χ1v) is 7.62. The van der Waals surface area contributed by atoms with Crippen LogP contribution in [0.2, 0.25) is 0 Å². The van der Waals surface area contributed by atoms with E-state index in [1.54, 1.807) is 29.7 Å². The molecule has 5 nitrogen and oxygen atoms in total. The monoisotopic (exact) mass is 305 g/mol. The van der Waals surface area contributed by atoms with Gasteiger partial charge in [-0.25, -0.2) is 9.97 Å². The number of amides is 1. The second-order valence-electron chi connectivity index (χ2n) is 4.99. The van der Waals surface area contributed by atoms with Gasteiger partial charge in [-0.3, -0.25) is 4.79 Å². The Morgan fingerprint density at radius 1 is 1.52 bits per heavy atom. The van der Waals surface area contributed by atoms with Gasteiger partial charge >= 0.3 is 0 Å². The minimum absolute atomic E-state index is 0.211. The first-order chi connectivity index (χ1) is 10.00. The van der Waals surface area contributed by atoms with E-state index in [-0.39, 0.29) is 5.91 Å². The third-order valence-corrected chi connectivity index (χ3v) is 4.62. The lowest BCUT2D eigenvalue weighted by molar-refractivity contribution is 0.0898. The number of aryl methyl sites for hydroxylation is 1. The topological polar surface area (TPSA) is 64.1 Å². The van der Waals surface area contributed by atoms with Crippen LogP contribution < -0.4 is 10.1 Å². The van der Waals surface area contributed by atoms with Crippen LogP contribution in [0.4, 0.5) is 0 Å². The van der Waals surface area contributed by atoms with E-state index in [2.05, 4.69) is 15.3 Å². The number of pyridine rings is 1. The number of methoxy groups -OCH3 is 1. The van der Waals surface area contributed by atoms with Crippen LogP contribution in [0.15, 0.2) is 23.7 Å². The number of carbonyl (C=O) groups excluding carboxylic acids is 1. The average molecular weight is 305 g/mol. The van der Waals surface area contributed by atoms with Crippen LogP contribution in [0.3, 0.4) is 0 Å². The summed E-state index contributed by atoms with van der Waals surface area (Å²) in [5.41, 5.74) is 0.882. The van der Waals surface area contributed by atoms with Gasteiger partial charge in [-0.2, -0.15) is 0 Å². The summed E-state index contributed by atoms with van der Waals surface area (Å²) in [7, 11) is 1.50. The summed E-state index contributed by atoms with van der Waals surface area (Å²) in [6.45, 7) is 5.95. The molecule has 0 aliphatic carbocycles.